The minimum absolute atomic E-state index is 0.0464. The molecule has 0 saturated carbocycles. The van der Waals surface area contributed by atoms with Crippen LogP contribution < -0.4 is 10.1 Å². The van der Waals surface area contributed by atoms with Crippen LogP contribution in [0.2, 0.25) is 0 Å². The molecular formula is C13H14F3NO2. The molecule has 0 spiro atoms. The summed E-state index contributed by atoms with van der Waals surface area (Å²) >= 11 is 0. The van der Waals surface area contributed by atoms with Gasteiger partial charge in [-0.25, -0.2) is 0 Å². The standard InChI is InChI=1S/C13H14F3NO2/c1-7(2)12(3)8-5-4-6-9(19-13(14,15)16)10(8)17-11(12)18/h4-7H,1-3H3,(H,17,18). The van der Waals surface area contributed by atoms with Gasteiger partial charge >= 0.3 is 6.36 Å². The molecular weight excluding hydrogens is 259 g/mol. The third-order valence-corrected chi connectivity index (χ3v) is 3.68. The van der Waals surface area contributed by atoms with Crippen LogP contribution in [-0.4, -0.2) is 12.3 Å². The fourth-order valence-electron chi connectivity index (χ4n) is 2.24. The van der Waals surface area contributed by atoms with Crippen molar-refractivity contribution in [3.05, 3.63) is 23.8 Å². The number of rotatable bonds is 2. The lowest BCUT2D eigenvalue weighted by Gasteiger charge is -2.26. The first-order valence-corrected chi connectivity index (χ1v) is 5.87. The molecule has 1 heterocycles. The van der Waals surface area contributed by atoms with Gasteiger partial charge in [0.25, 0.3) is 0 Å². The molecule has 1 aliphatic rings. The van der Waals surface area contributed by atoms with Crippen LogP contribution in [0.1, 0.15) is 26.3 Å². The van der Waals surface area contributed by atoms with E-state index < -0.39 is 11.8 Å². The second kappa shape index (κ2) is 4.15. The van der Waals surface area contributed by atoms with E-state index >= 15 is 0 Å². The maximum Gasteiger partial charge on any atom is 0.573 e. The number of hydrogen-bond donors (Lipinski definition) is 1. The number of alkyl halides is 3. The van der Waals surface area contributed by atoms with E-state index in [2.05, 4.69) is 10.1 Å². The smallest absolute Gasteiger partial charge is 0.404 e. The van der Waals surface area contributed by atoms with E-state index in [9.17, 15) is 18.0 Å². The summed E-state index contributed by atoms with van der Waals surface area (Å²) in [6.45, 7) is 5.42. The Hall–Kier alpha value is -1.72. The summed E-state index contributed by atoms with van der Waals surface area (Å²) in [6, 6.07) is 4.30. The second-order valence-electron chi connectivity index (χ2n) is 5.04. The highest BCUT2D eigenvalue weighted by Crippen LogP contribution is 2.47. The highest BCUT2D eigenvalue weighted by Gasteiger charge is 2.47. The number of fused-ring (bicyclic) bond motifs is 1. The normalized spacial score (nSPS) is 22.4. The van der Waals surface area contributed by atoms with Crippen molar-refractivity contribution < 1.29 is 22.7 Å². The van der Waals surface area contributed by atoms with Gasteiger partial charge in [0, 0.05) is 0 Å². The summed E-state index contributed by atoms with van der Waals surface area (Å²) in [4.78, 5) is 12.1. The maximum absolute atomic E-state index is 12.3. The van der Waals surface area contributed by atoms with Crippen molar-refractivity contribution in [2.45, 2.75) is 32.5 Å². The molecule has 3 nitrogen and oxygen atoms in total. The van der Waals surface area contributed by atoms with Crippen molar-refractivity contribution in [1.82, 2.24) is 0 Å². The third-order valence-electron chi connectivity index (χ3n) is 3.68. The molecule has 1 N–H and O–H groups in total. The predicted octanol–water partition coefficient (Wildman–Crippen LogP) is 3.45. The fourth-order valence-corrected chi connectivity index (χ4v) is 2.24. The summed E-state index contributed by atoms with van der Waals surface area (Å²) in [7, 11) is 0. The molecule has 19 heavy (non-hydrogen) atoms. The SMILES string of the molecule is CC(C)C1(C)C(=O)Nc2c(OC(F)(F)F)cccc21. The van der Waals surface area contributed by atoms with Crippen LogP contribution in [0.25, 0.3) is 0 Å². The lowest BCUT2D eigenvalue weighted by atomic mass is 9.74. The minimum Gasteiger partial charge on any atom is -0.404 e. The van der Waals surface area contributed by atoms with Crippen molar-refractivity contribution in [2.24, 2.45) is 5.92 Å². The molecule has 2 rings (SSSR count). The molecule has 1 atom stereocenters. The minimum atomic E-state index is -4.78. The Bertz CT molecular complexity index is 525. The molecule has 0 radical (unpaired) electrons. The van der Waals surface area contributed by atoms with Crippen LogP contribution in [-0.2, 0) is 10.2 Å². The molecule has 6 heteroatoms. The first kappa shape index (κ1) is 13.7. The van der Waals surface area contributed by atoms with Crippen LogP contribution in [0.5, 0.6) is 5.75 Å². The number of para-hydroxylation sites is 1. The van der Waals surface area contributed by atoms with Crippen LogP contribution in [0.15, 0.2) is 18.2 Å². The van der Waals surface area contributed by atoms with Gasteiger partial charge in [0.05, 0.1) is 11.1 Å². The lowest BCUT2D eigenvalue weighted by Crippen LogP contribution is -2.36. The van der Waals surface area contributed by atoms with Crippen molar-refractivity contribution in [3.63, 3.8) is 0 Å². The number of anilines is 1. The number of carbonyl (C=O) groups excluding carboxylic acids is 1. The Morgan fingerprint density at radius 1 is 1.32 bits per heavy atom. The number of benzene rings is 1. The van der Waals surface area contributed by atoms with E-state index in [1.807, 2.05) is 13.8 Å². The van der Waals surface area contributed by atoms with Gasteiger partial charge in [-0.05, 0) is 24.5 Å². The molecule has 0 fully saturated rings. The number of ether oxygens (including phenoxy) is 1. The zero-order chi connectivity index (χ0) is 14.4. The van der Waals surface area contributed by atoms with Crippen molar-refractivity contribution in [3.8, 4) is 5.75 Å². The second-order valence-corrected chi connectivity index (χ2v) is 5.04. The van der Waals surface area contributed by atoms with Gasteiger partial charge in [-0.3, -0.25) is 4.79 Å². The van der Waals surface area contributed by atoms with E-state index in [4.69, 9.17) is 0 Å². The lowest BCUT2D eigenvalue weighted by molar-refractivity contribution is -0.274. The van der Waals surface area contributed by atoms with Crippen LogP contribution in [0.3, 0.4) is 0 Å². The van der Waals surface area contributed by atoms with Gasteiger partial charge in [-0.15, -0.1) is 13.2 Å². The summed E-state index contributed by atoms with van der Waals surface area (Å²) < 4.78 is 40.9. The van der Waals surface area contributed by atoms with E-state index in [-0.39, 0.29) is 23.3 Å². The van der Waals surface area contributed by atoms with Crippen molar-refractivity contribution in [1.29, 1.82) is 0 Å². The van der Waals surface area contributed by atoms with E-state index in [0.717, 1.165) is 0 Å². The topological polar surface area (TPSA) is 38.3 Å². The van der Waals surface area contributed by atoms with Crippen LogP contribution >= 0.6 is 0 Å². The van der Waals surface area contributed by atoms with Gasteiger partial charge in [-0.1, -0.05) is 26.0 Å². The van der Waals surface area contributed by atoms with E-state index in [0.29, 0.717) is 5.56 Å². The third kappa shape index (κ3) is 2.15. The Labute approximate surface area is 108 Å². The first-order chi connectivity index (χ1) is 8.66. The molecule has 0 saturated heterocycles. The summed E-state index contributed by atoms with van der Waals surface area (Å²) in [6.07, 6.45) is -4.78. The average Bonchev–Trinajstić information content (AvgIpc) is 2.53. The number of halogens is 3. The zero-order valence-corrected chi connectivity index (χ0v) is 10.8. The van der Waals surface area contributed by atoms with Crippen LogP contribution in [0.4, 0.5) is 18.9 Å². The van der Waals surface area contributed by atoms with Crippen LogP contribution in [0, 0.1) is 5.92 Å². The molecule has 0 bridgehead atoms. The Morgan fingerprint density at radius 3 is 2.47 bits per heavy atom. The molecule has 104 valence electrons. The summed E-state index contributed by atoms with van der Waals surface area (Å²) in [5, 5.41) is 2.50. The van der Waals surface area contributed by atoms with Gasteiger partial charge in [0.15, 0.2) is 5.75 Å². The number of nitrogens with one attached hydrogen (secondary N) is 1. The van der Waals surface area contributed by atoms with Gasteiger partial charge in [0.2, 0.25) is 5.91 Å². The number of amides is 1. The predicted molar refractivity (Wildman–Crippen MR) is 63.9 cm³/mol. The molecule has 0 aliphatic carbocycles. The Balaban J connectivity index is 2.52. The van der Waals surface area contributed by atoms with Gasteiger partial charge in [-0.2, -0.15) is 0 Å². The van der Waals surface area contributed by atoms with Gasteiger partial charge < -0.3 is 10.1 Å². The molecule has 1 aromatic carbocycles. The van der Waals surface area contributed by atoms with Crippen molar-refractivity contribution >= 4 is 11.6 Å². The highest BCUT2D eigenvalue weighted by atomic mass is 19.4. The summed E-state index contributed by atoms with van der Waals surface area (Å²) in [5.74, 6) is -0.728. The maximum atomic E-state index is 12.3. The Morgan fingerprint density at radius 2 is 1.95 bits per heavy atom. The van der Waals surface area contributed by atoms with E-state index in [1.54, 1.807) is 13.0 Å². The van der Waals surface area contributed by atoms with E-state index in [1.165, 1.54) is 12.1 Å². The number of hydrogen-bond acceptors (Lipinski definition) is 2. The highest BCUT2D eigenvalue weighted by molar-refractivity contribution is 6.07. The monoisotopic (exact) mass is 273 g/mol. The first-order valence-electron chi connectivity index (χ1n) is 5.87. The number of carbonyl (C=O) groups is 1. The van der Waals surface area contributed by atoms with Gasteiger partial charge in [0.1, 0.15) is 0 Å². The molecule has 1 unspecified atom stereocenters. The Kier molecular flexibility index (Phi) is 2.99. The molecule has 1 amide bonds. The zero-order valence-electron chi connectivity index (χ0n) is 10.8. The molecule has 1 aliphatic heterocycles. The largest absolute Gasteiger partial charge is 0.573 e. The fraction of sp³-hybridized carbons (Fsp3) is 0.462. The quantitative estimate of drug-likeness (QED) is 0.896. The average molecular weight is 273 g/mol. The molecule has 0 aromatic heterocycles. The molecule has 1 aromatic rings. The van der Waals surface area contributed by atoms with Crippen molar-refractivity contribution in [2.75, 3.05) is 5.32 Å². The summed E-state index contributed by atoms with van der Waals surface area (Å²) in [5.41, 5.74) is -0.199.